The number of halogens is 1. The number of rotatable bonds is 2. The summed E-state index contributed by atoms with van der Waals surface area (Å²) in [5, 5.41) is 6.22. The second-order valence-corrected chi connectivity index (χ2v) is 5.86. The van der Waals surface area contributed by atoms with Crippen LogP contribution in [0, 0.1) is 10.5 Å². The van der Waals surface area contributed by atoms with E-state index in [1.54, 1.807) is 0 Å². The number of aryl methyl sites for hydroxylation is 1. The van der Waals surface area contributed by atoms with Gasteiger partial charge in [-0.25, -0.2) is 0 Å². The molecule has 0 radical (unpaired) electrons. The van der Waals surface area contributed by atoms with Crippen molar-refractivity contribution in [1.82, 2.24) is 0 Å². The first-order valence-electron chi connectivity index (χ1n) is 6.07. The summed E-state index contributed by atoms with van der Waals surface area (Å²) in [5.41, 5.74) is 4.04. The third-order valence-electron chi connectivity index (χ3n) is 3.28. The van der Waals surface area contributed by atoms with Gasteiger partial charge in [-0.15, -0.1) is 0 Å². The minimum Gasteiger partial charge on any atom is -0.370 e. The van der Waals surface area contributed by atoms with Gasteiger partial charge in [-0.1, -0.05) is 18.2 Å². The number of carbonyl (C=O) groups is 1. The van der Waals surface area contributed by atoms with Gasteiger partial charge in [0.2, 0.25) is 0 Å². The molecule has 3 nitrogen and oxygen atoms in total. The highest BCUT2D eigenvalue weighted by Gasteiger charge is 2.30. The Balaban J connectivity index is 1.93. The summed E-state index contributed by atoms with van der Waals surface area (Å²) < 4.78 is 1.19. The fraction of sp³-hybridized carbons (Fsp3) is 0.133. The number of anilines is 2. The molecular formula is C15H13IN2O. The lowest BCUT2D eigenvalue weighted by Gasteiger charge is -2.15. The van der Waals surface area contributed by atoms with Crippen LogP contribution in [0.1, 0.15) is 17.2 Å². The zero-order valence-electron chi connectivity index (χ0n) is 10.4. The van der Waals surface area contributed by atoms with Crippen molar-refractivity contribution in [3.05, 3.63) is 57.2 Å². The molecule has 2 aromatic rings. The molecule has 0 saturated carbocycles. The number of benzene rings is 2. The molecule has 1 aliphatic rings. The second kappa shape index (κ2) is 4.85. The van der Waals surface area contributed by atoms with Crippen molar-refractivity contribution in [1.29, 1.82) is 0 Å². The summed E-state index contributed by atoms with van der Waals surface area (Å²) in [4.78, 5) is 12.0. The first kappa shape index (κ1) is 12.5. The van der Waals surface area contributed by atoms with Gasteiger partial charge in [0.05, 0.1) is 0 Å². The van der Waals surface area contributed by atoms with Gasteiger partial charge in [0, 0.05) is 20.5 Å². The molecule has 0 aliphatic carbocycles. The van der Waals surface area contributed by atoms with Crippen LogP contribution in [0.5, 0.6) is 0 Å². The zero-order valence-corrected chi connectivity index (χ0v) is 12.6. The van der Waals surface area contributed by atoms with Crippen LogP contribution in [0.15, 0.2) is 42.5 Å². The summed E-state index contributed by atoms with van der Waals surface area (Å²) in [5.74, 6) is -0.000787. The van der Waals surface area contributed by atoms with Gasteiger partial charge in [-0.3, -0.25) is 4.79 Å². The Bertz CT molecular complexity index is 654. The molecular weight excluding hydrogens is 351 g/mol. The van der Waals surface area contributed by atoms with Gasteiger partial charge in [-0.2, -0.15) is 0 Å². The smallest absolute Gasteiger partial charge is 0.251 e. The minimum absolute atomic E-state index is 0.000787. The molecule has 19 heavy (non-hydrogen) atoms. The van der Waals surface area contributed by atoms with Gasteiger partial charge in [-0.05, 0) is 59.3 Å². The van der Waals surface area contributed by atoms with Gasteiger partial charge in [0.15, 0.2) is 0 Å². The van der Waals surface area contributed by atoms with Crippen LogP contribution < -0.4 is 10.6 Å². The number of fused-ring (bicyclic) bond motifs is 1. The summed E-state index contributed by atoms with van der Waals surface area (Å²) in [6, 6.07) is 13.6. The summed E-state index contributed by atoms with van der Waals surface area (Å²) in [7, 11) is 0. The molecule has 2 N–H and O–H groups in total. The Hall–Kier alpha value is -1.56. The molecule has 96 valence electrons. The Labute approximate surface area is 125 Å². The van der Waals surface area contributed by atoms with Crippen LogP contribution in [0.2, 0.25) is 0 Å². The van der Waals surface area contributed by atoms with Crippen molar-refractivity contribution in [2.45, 2.75) is 13.0 Å². The highest BCUT2D eigenvalue weighted by atomic mass is 127. The molecule has 1 heterocycles. The average Bonchev–Trinajstić information content (AvgIpc) is 2.69. The summed E-state index contributed by atoms with van der Waals surface area (Å²) in [6.45, 7) is 2.04. The number of hydrogen-bond acceptors (Lipinski definition) is 2. The SMILES string of the molecule is Cc1cc(I)ccc1NC1C(=O)Nc2ccccc21. The Morgan fingerprint density at radius 3 is 2.79 bits per heavy atom. The van der Waals surface area contributed by atoms with E-state index in [0.717, 1.165) is 22.5 Å². The van der Waals surface area contributed by atoms with Crippen molar-refractivity contribution in [3.63, 3.8) is 0 Å². The summed E-state index contributed by atoms with van der Waals surface area (Å²) in [6.07, 6.45) is 0. The van der Waals surface area contributed by atoms with Crippen molar-refractivity contribution in [2.24, 2.45) is 0 Å². The fourth-order valence-corrected chi connectivity index (χ4v) is 2.94. The minimum atomic E-state index is -0.310. The molecule has 1 aliphatic heterocycles. The molecule has 0 bridgehead atoms. The lowest BCUT2D eigenvalue weighted by atomic mass is 10.1. The second-order valence-electron chi connectivity index (χ2n) is 4.61. The van der Waals surface area contributed by atoms with Crippen LogP contribution in [0.3, 0.4) is 0 Å². The molecule has 1 unspecified atom stereocenters. The molecule has 1 atom stereocenters. The first-order valence-corrected chi connectivity index (χ1v) is 7.15. The third kappa shape index (κ3) is 2.32. The Morgan fingerprint density at radius 1 is 1.21 bits per heavy atom. The highest BCUT2D eigenvalue weighted by Crippen LogP contribution is 2.33. The van der Waals surface area contributed by atoms with Gasteiger partial charge in [0.25, 0.3) is 5.91 Å². The maximum absolute atomic E-state index is 12.0. The average molecular weight is 364 g/mol. The number of nitrogens with one attached hydrogen (secondary N) is 2. The van der Waals surface area contributed by atoms with E-state index in [1.165, 1.54) is 3.57 Å². The van der Waals surface area contributed by atoms with E-state index >= 15 is 0 Å². The predicted octanol–water partition coefficient (Wildman–Crippen LogP) is 3.70. The van der Waals surface area contributed by atoms with E-state index in [0.29, 0.717) is 0 Å². The van der Waals surface area contributed by atoms with Crippen molar-refractivity contribution < 1.29 is 4.79 Å². The van der Waals surface area contributed by atoms with Crippen LogP contribution in [-0.4, -0.2) is 5.91 Å². The monoisotopic (exact) mass is 364 g/mol. The Morgan fingerprint density at radius 2 is 2.00 bits per heavy atom. The normalized spacial score (nSPS) is 16.9. The molecule has 3 rings (SSSR count). The lowest BCUT2D eigenvalue weighted by Crippen LogP contribution is -2.20. The zero-order chi connectivity index (χ0) is 13.4. The van der Waals surface area contributed by atoms with Crippen LogP contribution in [-0.2, 0) is 4.79 Å². The molecule has 1 amide bonds. The van der Waals surface area contributed by atoms with E-state index in [4.69, 9.17) is 0 Å². The van der Waals surface area contributed by atoms with E-state index in [9.17, 15) is 4.79 Å². The van der Waals surface area contributed by atoms with E-state index in [1.807, 2.05) is 43.3 Å². The third-order valence-corrected chi connectivity index (χ3v) is 3.95. The number of carbonyl (C=O) groups excluding carboxylic acids is 1. The summed E-state index contributed by atoms with van der Waals surface area (Å²) >= 11 is 2.28. The van der Waals surface area contributed by atoms with Crippen molar-refractivity contribution in [2.75, 3.05) is 10.6 Å². The lowest BCUT2D eigenvalue weighted by molar-refractivity contribution is -0.116. The molecule has 0 fully saturated rings. The quantitative estimate of drug-likeness (QED) is 0.798. The Kier molecular flexibility index (Phi) is 3.18. The van der Waals surface area contributed by atoms with E-state index in [-0.39, 0.29) is 11.9 Å². The molecule has 0 aromatic heterocycles. The molecule has 4 heteroatoms. The fourth-order valence-electron chi connectivity index (χ4n) is 2.30. The molecule has 0 spiro atoms. The maximum atomic E-state index is 12.0. The topological polar surface area (TPSA) is 41.1 Å². The molecule has 0 saturated heterocycles. The van der Waals surface area contributed by atoms with Crippen LogP contribution in [0.4, 0.5) is 11.4 Å². The largest absolute Gasteiger partial charge is 0.370 e. The van der Waals surface area contributed by atoms with Crippen molar-refractivity contribution >= 4 is 39.9 Å². The predicted molar refractivity (Wildman–Crippen MR) is 85.3 cm³/mol. The number of para-hydroxylation sites is 1. The van der Waals surface area contributed by atoms with Crippen molar-refractivity contribution in [3.8, 4) is 0 Å². The van der Waals surface area contributed by atoms with Crippen LogP contribution in [0.25, 0.3) is 0 Å². The van der Waals surface area contributed by atoms with E-state index < -0.39 is 0 Å². The van der Waals surface area contributed by atoms with E-state index in [2.05, 4.69) is 39.3 Å². The number of amides is 1. The van der Waals surface area contributed by atoms with Crippen LogP contribution >= 0.6 is 22.6 Å². The van der Waals surface area contributed by atoms with Gasteiger partial charge >= 0.3 is 0 Å². The number of hydrogen-bond donors (Lipinski definition) is 2. The highest BCUT2D eigenvalue weighted by molar-refractivity contribution is 14.1. The maximum Gasteiger partial charge on any atom is 0.251 e. The van der Waals surface area contributed by atoms with Gasteiger partial charge < -0.3 is 10.6 Å². The first-order chi connectivity index (χ1) is 9.15. The van der Waals surface area contributed by atoms with Gasteiger partial charge in [0.1, 0.15) is 6.04 Å². The standard InChI is InChI=1S/C15H13IN2O/c1-9-8-10(16)6-7-12(9)17-14-11-4-2-3-5-13(11)18-15(14)19/h2-8,14,17H,1H3,(H,18,19). The molecule has 2 aromatic carbocycles.